The Morgan fingerprint density at radius 1 is 0.838 bits per heavy atom. The third kappa shape index (κ3) is 14.6. The number of rotatable bonds is 27. The molecule has 80 heavy (non-hydrogen) atoms. The van der Waals surface area contributed by atoms with Crippen LogP contribution in [-0.4, -0.2) is 138 Å². The maximum Gasteiger partial charge on any atom is 0.489 e. The van der Waals surface area contributed by atoms with Crippen molar-refractivity contribution in [3.63, 3.8) is 0 Å². The summed E-state index contributed by atoms with van der Waals surface area (Å²) < 4.78 is 128. The van der Waals surface area contributed by atoms with E-state index in [-0.39, 0.29) is 52.1 Å². The molecule has 2 aromatic carbocycles. The van der Waals surface area contributed by atoms with Crippen molar-refractivity contribution in [1.29, 1.82) is 0 Å². The monoisotopic (exact) mass is 1220 g/mol. The van der Waals surface area contributed by atoms with E-state index in [1.165, 1.54) is 35.2 Å². The molecule has 11 N–H and O–H groups in total. The summed E-state index contributed by atoms with van der Waals surface area (Å²) in [5.74, 6) is -0.128. The number of allylic oxidation sites excluding steroid dienone is 4. The lowest BCUT2D eigenvalue weighted by molar-refractivity contribution is -0.438. The zero-order chi connectivity index (χ0) is 58.8. The van der Waals surface area contributed by atoms with Gasteiger partial charge >= 0.3 is 23.4 Å². The highest BCUT2D eigenvalue weighted by molar-refractivity contribution is 7.86. The first kappa shape index (κ1) is 62.9. The Balaban J connectivity index is 0.822. The van der Waals surface area contributed by atoms with Gasteiger partial charge in [0, 0.05) is 67.0 Å². The maximum atomic E-state index is 12.7. The summed E-state index contributed by atoms with van der Waals surface area (Å²) in [4.78, 5) is 56.5. The molecule has 1 amide bonds. The molecule has 0 saturated carbocycles. The number of nitrogen functional groups attached to an aromatic ring is 1. The van der Waals surface area contributed by atoms with Crippen LogP contribution in [0.25, 0.3) is 11.2 Å². The molecule has 2 aromatic heterocycles. The Morgan fingerprint density at radius 2 is 1.49 bits per heavy atom. The van der Waals surface area contributed by atoms with Crippen LogP contribution in [0.3, 0.4) is 0 Å². The lowest BCUT2D eigenvalue weighted by atomic mass is 9.81. The van der Waals surface area contributed by atoms with Gasteiger partial charge in [0.1, 0.15) is 36.7 Å². The minimum absolute atomic E-state index is 0.0271. The number of aromatic nitrogens is 4. The number of aliphatic hydroxyl groups excluding tert-OH is 2. The van der Waals surface area contributed by atoms with Gasteiger partial charge in [-0.05, 0) is 88.4 Å². The molecule has 0 aliphatic carbocycles. The molecule has 440 valence electrons. The molecule has 7 rings (SSSR count). The molecule has 0 radical (unpaired) electrons. The number of nitrogens with zero attached hydrogens (tertiary/aromatic N) is 6. The van der Waals surface area contributed by atoms with Crippen LogP contribution in [0.5, 0.6) is 0 Å². The number of ether oxygens (including phenoxy) is 1. The molecule has 3 aliphatic heterocycles. The Bertz CT molecular complexity index is 3470. The number of aliphatic hydroxyl groups is 2. The number of anilines is 2. The second kappa shape index (κ2) is 24.6. The van der Waals surface area contributed by atoms with E-state index < -0.39 is 85.6 Å². The lowest BCUT2D eigenvalue weighted by Crippen LogP contribution is -2.33. The van der Waals surface area contributed by atoms with E-state index in [0.717, 1.165) is 34.7 Å². The largest absolute Gasteiger partial charge is 0.489 e. The van der Waals surface area contributed by atoms with E-state index in [0.29, 0.717) is 63.7 Å². The van der Waals surface area contributed by atoms with Gasteiger partial charge in [-0.25, -0.2) is 33.7 Å². The van der Waals surface area contributed by atoms with Crippen LogP contribution >= 0.6 is 23.4 Å². The number of amides is 1. The quantitative estimate of drug-likeness (QED) is 0.0162. The SMILES string of the molecule is CCN1/C(=C/C=C/C2=[N+](CCCCCC(=O)NCCCCCCNP(=O)(O)OP(=O)(O)OP(=O)(O)OC[C@H]3O[C@@H](n4cnc5c(N)ncnc54)C(O)C3O)c3ccc(S(=O)(=O)O)cc3C2(C)C)C(C)(C)c2cc(S(=O)(=O)O)ccc21. The van der Waals surface area contributed by atoms with Crippen molar-refractivity contribution in [2.75, 3.05) is 43.4 Å². The zero-order valence-corrected chi connectivity index (χ0v) is 48.6. The normalized spacial score (nSPS) is 22.6. The van der Waals surface area contributed by atoms with E-state index in [9.17, 15) is 69.3 Å². The molecule has 1 saturated heterocycles. The van der Waals surface area contributed by atoms with Crippen molar-refractivity contribution in [3.8, 4) is 0 Å². The van der Waals surface area contributed by atoms with Crippen LogP contribution < -0.4 is 21.0 Å². The van der Waals surface area contributed by atoms with Gasteiger partial charge in [-0.15, -0.1) is 0 Å². The van der Waals surface area contributed by atoms with Crippen molar-refractivity contribution in [1.82, 2.24) is 29.9 Å². The number of hydrogen-bond donors (Lipinski definition) is 10. The third-order valence-corrected chi connectivity index (χ3v) is 20.1. The number of fused-ring (bicyclic) bond motifs is 3. The number of nitrogens with one attached hydrogen (secondary N) is 2. The maximum absolute atomic E-state index is 12.7. The second-order valence-corrected chi connectivity index (χ2v) is 27.9. The predicted octanol–water partition coefficient (Wildman–Crippen LogP) is 5.03. The van der Waals surface area contributed by atoms with Gasteiger partial charge in [-0.3, -0.25) is 23.0 Å². The highest BCUT2D eigenvalue weighted by atomic mass is 32.2. The van der Waals surface area contributed by atoms with Gasteiger partial charge in [-0.2, -0.15) is 30.0 Å². The van der Waals surface area contributed by atoms with Crippen LogP contribution in [0.2, 0.25) is 0 Å². The first-order valence-electron chi connectivity index (χ1n) is 25.4. The number of carbonyl (C=O) groups is 1. The van der Waals surface area contributed by atoms with Gasteiger partial charge in [-0.1, -0.05) is 32.8 Å². The fourth-order valence-corrected chi connectivity index (χ4v) is 14.7. The first-order chi connectivity index (χ1) is 37.3. The number of nitrogens with two attached hydrogens (primary N) is 1. The lowest BCUT2D eigenvalue weighted by Gasteiger charge is -2.25. The smallest absolute Gasteiger partial charge is 0.387 e. The molecule has 7 atom stereocenters. The molecule has 5 unspecified atom stereocenters. The molecule has 0 spiro atoms. The number of unbranched alkanes of at least 4 members (excludes halogenated alkanes) is 5. The Labute approximate surface area is 462 Å². The average Bonchev–Trinajstić information content (AvgIpc) is 4.24. The van der Waals surface area contributed by atoms with Crippen molar-refractivity contribution in [2.24, 2.45) is 0 Å². The number of hydrogen-bond acceptors (Lipinski definition) is 19. The highest BCUT2D eigenvalue weighted by Crippen LogP contribution is 2.66. The average molecular weight is 1220 g/mol. The number of carbonyl (C=O) groups excluding carboxylic acids is 1. The highest BCUT2D eigenvalue weighted by Gasteiger charge is 2.48. The fraction of sp³-hybridized carbons (Fsp3) is 0.511. The molecule has 4 aromatic rings. The van der Waals surface area contributed by atoms with Gasteiger partial charge < -0.3 is 45.6 Å². The van der Waals surface area contributed by atoms with Crippen LogP contribution in [0.15, 0.2) is 82.8 Å². The summed E-state index contributed by atoms with van der Waals surface area (Å²) in [7, 11) is -25.3. The van der Waals surface area contributed by atoms with E-state index in [1.54, 1.807) is 12.1 Å². The minimum Gasteiger partial charge on any atom is -0.387 e. The Kier molecular flexibility index (Phi) is 19.4. The van der Waals surface area contributed by atoms with Crippen LogP contribution in [-0.2, 0) is 67.4 Å². The summed E-state index contributed by atoms with van der Waals surface area (Å²) in [6, 6.07) is 9.05. The van der Waals surface area contributed by atoms with Gasteiger partial charge in [0.25, 0.3) is 20.2 Å². The minimum atomic E-state index is -5.75. The summed E-state index contributed by atoms with van der Waals surface area (Å²) in [6.07, 6.45) is 6.10. The summed E-state index contributed by atoms with van der Waals surface area (Å²) >= 11 is 0. The first-order valence-corrected chi connectivity index (χ1v) is 32.8. The topological polar surface area (TPSA) is 415 Å². The van der Waals surface area contributed by atoms with Crippen molar-refractivity contribution < 1.29 is 91.8 Å². The van der Waals surface area contributed by atoms with Gasteiger partial charge in [0.2, 0.25) is 11.6 Å². The van der Waals surface area contributed by atoms with Crippen LogP contribution in [0.1, 0.15) is 103 Å². The molecule has 1 fully saturated rings. The third-order valence-electron chi connectivity index (χ3n) is 14.0. The summed E-state index contributed by atoms with van der Waals surface area (Å²) in [5, 5.41) is 26.0. The number of phosphoric ester groups is 1. The molecule has 5 heterocycles. The molecule has 28 nitrogen and oxygen atoms in total. The second-order valence-electron chi connectivity index (χ2n) is 20.3. The Hall–Kier alpha value is -4.68. The van der Waals surface area contributed by atoms with Crippen LogP contribution in [0.4, 0.5) is 17.2 Å². The summed E-state index contributed by atoms with van der Waals surface area (Å²) in [5.41, 5.74) is 9.51. The molecular formula is C47H67N9O19P3S2+. The number of imidazole rings is 1. The molecule has 33 heteroatoms. The number of phosphoric acid groups is 2. The number of likely N-dealkylation sites (N-methyl/N-ethyl adjacent to an activating group) is 1. The predicted molar refractivity (Wildman–Crippen MR) is 290 cm³/mol. The standard InChI is InChI=1S/C47H66N9O19P3S2/c1-6-54-34-20-18-30(79(66,67)68)25-32(34)46(2,3)37(54)15-14-16-38-47(4,5)33-26-31(80(69,70)71)19-21-35(33)55(38)24-13-9-10-17-39(57)49-22-11-7-8-12-23-53-76(60,61)74-78(64,65)75-77(62,63)72-27-36-41(58)42(59)45(73-36)56-29-52-40-43(48)50-28-51-44(40)56/h14-16,18-21,25-26,28-29,36,41-42,45,58-59H,6-13,17,22-24,27H2,1-5H3,(H8-,48,49,50,51,53,57,60,61,62,63,64,65,66,67,68,69,70,71)/p+1/t36-,41?,42?,45-/m1/s1. The van der Waals surface area contributed by atoms with E-state index in [2.05, 4.69) is 48.0 Å². The van der Waals surface area contributed by atoms with Gasteiger partial charge in [0.15, 0.2) is 23.4 Å². The number of benzene rings is 2. The Morgan fingerprint density at radius 3 is 2.16 bits per heavy atom. The fourth-order valence-electron chi connectivity index (χ4n) is 9.97. The van der Waals surface area contributed by atoms with Crippen molar-refractivity contribution in [3.05, 3.63) is 84.1 Å². The van der Waals surface area contributed by atoms with Crippen LogP contribution in [0, 0.1) is 0 Å². The zero-order valence-electron chi connectivity index (χ0n) is 44.3. The van der Waals surface area contributed by atoms with E-state index in [1.807, 2.05) is 52.8 Å². The summed E-state index contributed by atoms with van der Waals surface area (Å²) in [6.45, 7) is 10.1. The van der Waals surface area contributed by atoms with E-state index >= 15 is 0 Å². The molecule has 0 bridgehead atoms. The van der Waals surface area contributed by atoms with Gasteiger partial charge in [0.05, 0.1) is 28.1 Å². The van der Waals surface area contributed by atoms with Crippen molar-refractivity contribution >= 4 is 83.6 Å². The molecule has 3 aliphatic rings. The molecular weight excluding hydrogens is 1150 g/mol. The van der Waals surface area contributed by atoms with Crippen molar-refractivity contribution in [2.45, 2.75) is 131 Å². The van der Waals surface area contributed by atoms with E-state index in [4.69, 9.17) is 10.5 Å².